The molecule has 0 spiro atoms. The third-order valence-corrected chi connectivity index (χ3v) is 4.81. The Morgan fingerprint density at radius 2 is 2.12 bits per heavy atom. The van der Waals surface area contributed by atoms with Crippen molar-refractivity contribution in [2.24, 2.45) is 0 Å². The maximum Gasteiger partial charge on any atom is 0.390 e. The van der Waals surface area contributed by atoms with Crippen LogP contribution in [-0.4, -0.2) is 67.2 Å². The third-order valence-electron chi connectivity index (χ3n) is 4.50. The van der Waals surface area contributed by atoms with E-state index in [4.69, 9.17) is 17.0 Å². The van der Waals surface area contributed by atoms with Gasteiger partial charge in [0, 0.05) is 32.6 Å². The minimum atomic E-state index is -0.481. The van der Waals surface area contributed by atoms with Gasteiger partial charge in [-0.3, -0.25) is 10.00 Å². The summed E-state index contributed by atoms with van der Waals surface area (Å²) in [6.45, 7) is 7.65. The fourth-order valence-electron chi connectivity index (χ4n) is 3.06. The Labute approximate surface area is 155 Å². The molecule has 0 amide bonds. The summed E-state index contributed by atoms with van der Waals surface area (Å²) in [5.74, 6) is 0.710. The van der Waals surface area contributed by atoms with E-state index < -0.39 is 4.92 Å². The predicted octanol–water partition coefficient (Wildman–Crippen LogP) is 1.32. The van der Waals surface area contributed by atoms with Crippen LogP contribution < -0.4 is 0 Å². The highest BCUT2D eigenvalue weighted by molar-refractivity contribution is 7.71. The van der Waals surface area contributed by atoms with Gasteiger partial charge >= 0.3 is 5.82 Å². The predicted molar refractivity (Wildman–Crippen MR) is 96.6 cm³/mol. The van der Waals surface area contributed by atoms with Gasteiger partial charge in [0.15, 0.2) is 4.77 Å². The van der Waals surface area contributed by atoms with Crippen molar-refractivity contribution in [3.8, 4) is 0 Å². The number of aryl methyl sites for hydroxylation is 3. The second kappa shape index (κ2) is 8.52. The fraction of sp³-hybridized carbons (Fsp3) is 0.667. The Morgan fingerprint density at radius 3 is 2.81 bits per heavy atom. The molecule has 2 aromatic heterocycles. The monoisotopic (exact) mass is 381 g/mol. The molecule has 1 aliphatic heterocycles. The molecule has 0 atom stereocenters. The van der Waals surface area contributed by atoms with Crippen molar-refractivity contribution in [3.05, 3.63) is 32.5 Å². The maximum absolute atomic E-state index is 10.8. The zero-order valence-electron chi connectivity index (χ0n) is 14.8. The van der Waals surface area contributed by atoms with E-state index in [1.54, 1.807) is 11.6 Å². The van der Waals surface area contributed by atoms with Gasteiger partial charge in [0.2, 0.25) is 0 Å². The molecule has 1 aliphatic rings. The lowest BCUT2D eigenvalue weighted by molar-refractivity contribution is -0.389. The number of nitrogens with one attached hydrogen (secondary N) is 1. The van der Waals surface area contributed by atoms with Crippen LogP contribution in [0.1, 0.15) is 17.9 Å². The maximum atomic E-state index is 10.8. The molecule has 1 fully saturated rings. The van der Waals surface area contributed by atoms with Crippen molar-refractivity contribution >= 4 is 18.0 Å². The zero-order chi connectivity index (χ0) is 18.5. The van der Waals surface area contributed by atoms with Gasteiger partial charge in [-0.2, -0.15) is 9.78 Å². The summed E-state index contributed by atoms with van der Waals surface area (Å²) in [5.41, 5.74) is 0.754. The van der Waals surface area contributed by atoms with E-state index in [-0.39, 0.29) is 5.82 Å². The highest BCUT2D eigenvalue weighted by atomic mass is 32.1. The standard InChI is InChI=1S/C15H23N7O3S/c1-12-11-14(22(23)24)18-21(12)6-3-13-16-17-15(26)20(13)5-2-4-19-7-9-25-10-8-19/h11H,2-10H2,1H3,(H,17,26). The van der Waals surface area contributed by atoms with E-state index in [1.165, 1.54) is 6.07 Å². The molecular formula is C15H23N7O3S. The lowest BCUT2D eigenvalue weighted by Gasteiger charge is -2.26. The Hall–Kier alpha value is -2.11. The molecule has 10 nitrogen and oxygen atoms in total. The Morgan fingerprint density at radius 1 is 1.35 bits per heavy atom. The lowest BCUT2D eigenvalue weighted by atomic mass is 10.3. The topological polar surface area (TPSA) is 107 Å². The van der Waals surface area contributed by atoms with Gasteiger partial charge in [-0.1, -0.05) is 0 Å². The van der Waals surface area contributed by atoms with Gasteiger partial charge in [-0.15, -0.1) is 0 Å². The van der Waals surface area contributed by atoms with Crippen LogP contribution in [0.3, 0.4) is 0 Å². The largest absolute Gasteiger partial charge is 0.390 e. The summed E-state index contributed by atoms with van der Waals surface area (Å²) in [7, 11) is 0. The SMILES string of the molecule is Cc1cc([N+](=O)[O-])nn1CCc1n[nH]c(=S)n1CCCN1CCOCC1. The molecule has 142 valence electrons. The molecule has 0 bridgehead atoms. The molecule has 1 saturated heterocycles. The molecule has 11 heteroatoms. The minimum absolute atomic E-state index is 0.133. The first-order valence-electron chi connectivity index (χ1n) is 8.67. The van der Waals surface area contributed by atoms with Crippen LogP contribution >= 0.6 is 12.2 Å². The van der Waals surface area contributed by atoms with Crippen LogP contribution in [0.2, 0.25) is 0 Å². The Bertz CT molecular complexity index is 807. The van der Waals surface area contributed by atoms with Gasteiger partial charge in [0.1, 0.15) is 5.82 Å². The number of H-pyrrole nitrogens is 1. The van der Waals surface area contributed by atoms with Crippen LogP contribution in [0.5, 0.6) is 0 Å². The first-order valence-corrected chi connectivity index (χ1v) is 9.08. The molecule has 0 aromatic carbocycles. The third kappa shape index (κ3) is 4.54. The van der Waals surface area contributed by atoms with E-state index in [0.29, 0.717) is 17.7 Å². The molecule has 0 unspecified atom stereocenters. The number of morpholine rings is 1. The van der Waals surface area contributed by atoms with Crippen LogP contribution in [0.15, 0.2) is 6.07 Å². The average molecular weight is 381 g/mol. The van der Waals surface area contributed by atoms with Gasteiger partial charge < -0.3 is 19.4 Å². The van der Waals surface area contributed by atoms with Crippen molar-refractivity contribution in [2.45, 2.75) is 32.9 Å². The minimum Gasteiger partial charge on any atom is -0.379 e. The van der Waals surface area contributed by atoms with Crippen molar-refractivity contribution in [3.63, 3.8) is 0 Å². The number of hydrogen-bond donors (Lipinski definition) is 1. The van der Waals surface area contributed by atoms with E-state index in [1.807, 2.05) is 4.57 Å². The summed E-state index contributed by atoms with van der Waals surface area (Å²) < 4.78 is 9.60. The molecule has 0 radical (unpaired) electrons. The van der Waals surface area contributed by atoms with Crippen molar-refractivity contribution in [1.29, 1.82) is 0 Å². The summed E-state index contributed by atoms with van der Waals surface area (Å²) in [6, 6.07) is 1.47. The average Bonchev–Trinajstić information content (AvgIpc) is 3.17. The molecular weight excluding hydrogens is 358 g/mol. The Balaban J connectivity index is 1.57. The number of rotatable bonds is 8. The van der Waals surface area contributed by atoms with Crippen LogP contribution in [0.25, 0.3) is 0 Å². The number of nitrogens with zero attached hydrogens (tertiary/aromatic N) is 6. The molecule has 3 rings (SSSR count). The van der Waals surface area contributed by atoms with Crippen molar-refractivity contribution < 1.29 is 9.66 Å². The number of aromatic amines is 1. The highest BCUT2D eigenvalue weighted by Crippen LogP contribution is 2.12. The van der Waals surface area contributed by atoms with E-state index in [0.717, 1.165) is 57.3 Å². The summed E-state index contributed by atoms with van der Waals surface area (Å²) in [5, 5.41) is 22.0. The van der Waals surface area contributed by atoms with Crippen LogP contribution in [0.4, 0.5) is 5.82 Å². The second-order valence-corrected chi connectivity index (χ2v) is 6.67. The van der Waals surface area contributed by atoms with Gasteiger partial charge in [-0.05, 0) is 30.5 Å². The lowest BCUT2D eigenvalue weighted by Crippen LogP contribution is -2.37. The Kier molecular flexibility index (Phi) is 6.12. The first-order chi connectivity index (χ1) is 12.5. The van der Waals surface area contributed by atoms with Crippen molar-refractivity contribution in [1.82, 2.24) is 29.4 Å². The van der Waals surface area contributed by atoms with E-state index in [2.05, 4.69) is 20.2 Å². The second-order valence-electron chi connectivity index (χ2n) is 6.28. The first kappa shape index (κ1) is 18.7. The summed E-state index contributed by atoms with van der Waals surface area (Å²) in [6.07, 6.45) is 1.58. The van der Waals surface area contributed by atoms with Gasteiger partial charge in [0.05, 0.1) is 36.6 Å². The van der Waals surface area contributed by atoms with E-state index in [9.17, 15) is 10.1 Å². The molecule has 26 heavy (non-hydrogen) atoms. The van der Waals surface area contributed by atoms with Crippen LogP contribution in [-0.2, 0) is 24.2 Å². The van der Waals surface area contributed by atoms with E-state index >= 15 is 0 Å². The quantitative estimate of drug-likeness (QED) is 0.417. The van der Waals surface area contributed by atoms with Gasteiger partial charge in [0.25, 0.3) is 0 Å². The molecule has 0 saturated carbocycles. The molecule has 2 aromatic rings. The summed E-state index contributed by atoms with van der Waals surface area (Å²) in [4.78, 5) is 12.7. The summed E-state index contributed by atoms with van der Waals surface area (Å²) >= 11 is 5.34. The molecule has 1 N–H and O–H groups in total. The molecule has 0 aliphatic carbocycles. The fourth-order valence-corrected chi connectivity index (χ4v) is 3.31. The smallest absolute Gasteiger partial charge is 0.379 e. The normalized spacial score (nSPS) is 15.4. The van der Waals surface area contributed by atoms with Crippen LogP contribution in [0, 0.1) is 21.8 Å². The number of ether oxygens (including phenoxy) is 1. The number of hydrogen-bond acceptors (Lipinski definition) is 7. The number of aromatic nitrogens is 5. The van der Waals surface area contributed by atoms with Gasteiger partial charge in [-0.25, -0.2) is 0 Å². The van der Waals surface area contributed by atoms with Crippen molar-refractivity contribution in [2.75, 3.05) is 32.8 Å². The number of nitro groups is 1. The zero-order valence-corrected chi connectivity index (χ0v) is 15.6. The molecule has 3 heterocycles. The highest BCUT2D eigenvalue weighted by Gasteiger charge is 2.16.